The quantitative estimate of drug-likeness (QED) is 0.114. The minimum Gasteiger partial charge on any atom is -0.300 e. The summed E-state index contributed by atoms with van der Waals surface area (Å²) in [5.74, 6) is 0. The zero-order chi connectivity index (χ0) is 21.3. The van der Waals surface area contributed by atoms with Crippen LogP contribution in [0.3, 0.4) is 0 Å². The molecule has 29 heavy (non-hydrogen) atoms. The number of hydrogen-bond donors (Lipinski definition) is 0. The molecule has 0 fully saturated rings. The maximum Gasteiger partial charge on any atom is 0.0163 e. The van der Waals surface area contributed by atoms with E-state index >= 15 is 0 Å². The molecule has 0 aliphatic rings. The molecule has 0 aromatic heterocycles. The summed E-state index contributed by atoms with van der Waals surface area (Å²) in [6, 6.07) is 0. The highest BCUT2D eigenvalue weighted by molar-refractivity contribution is 4.81. The summed E-state index contributed by atoms with van der Waals surface area (Å²) in [7, 11) is 0. The second-order valence-corrected chi connectivity index (χ2v) is 9.23. The Bertz CT molecular complexity index is 285. The van der Waals surface area contributed by atoms with Crippen molar-refractivity contribution in [3.63, 3.8) is 0 Å². The van der Waals surface area contributed by atoms with Gasteiger partial charge in [0.2, 0.25) is 0 Å². The highest BCUT2D eigenvalue weighted by Crippen LogP contribution is 2.12. The van der Waals surface area contributed by atoms with Gasteiger partial charge in [-0.25, -0.2) is 0 Å². The molecule has 0 aromatic carbocycles. The van der Waals surface area contributed by atoms with Gasteiger partial charge >= 0.3 is 0 Å². The molecule has 0 aromatic rings. The van der Waals surface area contributed by atoms with Crippen molar-refractivity contribution in [1.82, 2.24) is 4.90 Å². The van der Waals surface area contributed by atoms with Gasteiger partial charge in [0.05, 0.1) is 0 Å². The Kier molecular flexibility index (Phi) is 25.5. The molecule has 0 rings (SSSR count). The lowest BCUT2D eigenvalue weighted by Crippen LogP contribution is -2.26. The van der Waals surface area contributed by atoms with E-state index in [0.29, 0.717) is 0 Å². The van der Waals surface area contributed by atoms with Crippen LogP contribution in [0, 0.1) is 0 Å². The van der Waals surface area contributed by atoms with Crippen molar-refractivity contribution < 1.29 is 0 Å². The fraction of sp³-hybridized carbons (Fsp3) is 0.929. The molecule has 0 aliphatic heterocycles. The third kappa shape index (κ3) is 23.8. The smallest absolute Gasteiger partial charge is 0.0163 e. The van der Waals surface area contributed by atoms with E-state index in [2.05, 4.69) is 37.8 Å². The first-order valence-corrected chi connectivity index (χ1v) is 13.7. The molecule has 1 nitrogen and oxygen atoms in total. The van der Waals surface area contributed by atoms with Gasteiger partial charge in [-0.3, -0.25) is 4.90 Å². The van der Waals surface area contributed by atoms with Crippen molar-refractivity contribution >= 4 is 0 Å². The van der Waals surface area contributed by atoms with Gasteiger partial charge in [0.25, 0.3) is 0 Å². The molecule has 0 bridgehead atoms. The van der Waals surface area contributed by atoms with Crippen LogP contribution >= 0.6 is 0 Å². The summed E-state index contributed by atoms with van der Waals surface area (Å²) in [5, 5.41) is 0. The molecular formula is C28H57N. The van der Waals surface area contributed by atoms with Crippen LogP contribution in [0.15, 0.2) is 12.2 Å². The van der Waals surface area contributed by atoms with E-state index in [9.17, 15) is 0 Å². The zero-order valence-corrected chi connectivity index (χ0v) is 20.9. The number of allylic oxidation sites excluding steroid dienone is 1. The van der Waals surface area contributed by atoms with Crippen LogP contribution in [0.4, 0.5) is 0 Å². The Balaban J connectivity index is 3.54. The van der Waals surface area contributed by atoms with Gasteiger partial charge in [-0.1, -0.05) is 142 Å². The van der Waals surface area contributed by atoms with Crippen molar-refractivity contribution in [3.8, 4) is 0 Å². The van der Waals surface area contributed by atoms with Crippen LogP contribution in [0.1, 0.15) is 149 Å². The average Bonchev–Trinajstić information content (AvgIpc) is 2.74. The van der Waals surface area contributed by atoms with Crippen LogP contribution in [-0.4, -0.2) is 24.5 Å². The van der Waals surface area contributed by atoms with Crippen LogP contribution in [0.5, 0.6) is 0 Å². The predicted molar refractivity (Wildman–Crippen MR) is 135 cm³/mol. The van der Waals surface area contributed by atoms with Crippen LogP contribution in [-0.2, 0) is 0 Å². The van der Waals surface area contributed by atoms with Crippen molar-refractivity contribution in [2.75, 3.05) is 19.6 Å². The first kappa shape index (κ1) is 28.7. The van der Waals surface area contributed by atoms with Crippen LogP contribution in [0.25, 0.3) is 0 Å². The summed E-state index contributed by atoms with van der Waals surface area (Å²) in [4.78, 5) is 2.69. The molecule has 0 unspecified atom stereocenters. The highest BCUT2D eigenvalue weighted by Gasteiger charge is 2.03. The molecule has 0 radical (unpaired) electrons. The summed E-state index contributed by atoms with van der Waals surface area (Å²) in [5.41, 5.74) is 0. The molecule has 0 saturated heterocycles. The Morgan fingerprint density at radius 2 is 0.759 bits per heavy atom. The fourth-order valence-corrected chi connectivity index (χ4v) is 4.19. The summed E-state index contributed by atoms with van der Waals surface area (Å²) in [6.07, 6.45) is 33.3. The van der Waals surface area contributed by atoms with Gasteiger partial charge in [-0.2, -0.15) is 0 Å². The SMILES string of the molecule is CC=CCN(CCCCCCCCCCCC)CCCCCCCCCCCC. The lowest BCUT2D eigenvalue weighted by Gasteiger charge is -2.20. The maximum absolute atomic E-state index is 2.69. The molecule has 0 spiro atoms. The summed E-state index contributed by atoms with van der Waals surface area (Å²) >= 11 is 0. The standard InChI is InChI=1S/C28H57N/c1-4-7-10-12-14-16-18-20-22-24-27-29(26-9-6-3)28-25-23-21-19-17-15-13-11-8-5-2/h6,9H,4-5,7-8,10-28H2,1-3H3. The molecule has 0 heterocycles. The van der Waals surface area contributed by atoms with E-state index in [-0.39, 0.29) is 0 Å². The van der Waals surface area contributed by atoms with E-state index in [4.69, 9.17) is 0 Å². The van der Waals surface area contributed by atoms with Crippen LogP contribution in [0.2, 0.25) is 0 Å². The van der Waals surface area contributed by atoms with Crippen molar-refractivity contribution in [1.29, 1.82) is 0 Å². The van der Waals surface area contributed by atoms with Gasteiger partial charge in [-0.15, -0.1) is 0 Å². The first-order valence-electron chi connectivity index (χ1n) is 13.7. The minimum atomic E-state index is 1.16. The minimum absolute atomic E-state index is 1.16. The van der Waals surface area contributed by atoms with Gasteiger partial charge in [0.1, 0.15) is 0 Å². The number of hydrogen-bond acceptors (Lipinski definition) is 1. The van der Waals surface area contributed by atoms with Gasteiger partial charge in [0.15, 0.2) is 0 Å². The Morgan fingerprint density at radius 3 is 1.07 bits per heavy atom. The van der Waals surface area contributed by atoms with E-state index in [0.717, 1.165) is 6.54 Å². The highest BCUT2D eigenvalue weighted by atomic mass is 15.1. The van der Waals surface area contributed by atoms with Gasteiger partial charge in [0, 0.05) is 6.54 Å². The Labute approximate surface area is 186 Å². The average molecular weight is 408 g/mol. The van der Waals surface area contributed by atoms with Crippen molar-refractivity contribution in [2.45, 2.75) is 149 Å². The number of unbranched alkanes of at least 4 members (excludes halogenated alkanes) is 18. The molecule has 0 aliphatic carbocycles. The van der Waals surface area contributed by atoms with E-state index in [1.807, 2.05) is 0 Å². The summed E-state index contributed by atoms with van der Waals surface area (Å²) < 4.78 is 0. The lowest BCUT2D eigenvalue weighted by atomic mass is 10.1. The number of rotatable bonds is 24. The normalized spacial score (nSPS) is 11.9. The molecule has 0 amide bonds. The van der Waals surface area contributed by atoms with Gasteiger partial charge < -0.3 is 0 Å². The largest absolute Gasteiger partial charge is 0.300 e. The zero-order valence-electron chi connectivity index (χ0n) is 20.9. The number of nitrogens with zero attached hydrogens (tertiary/aromatic N) is 1. The molecule has 1 heteroatoms. The molecular weight excluding hydrogens is 350 g/mol. The third-order valence-corrected chi connectivity index (χ3v) is 6.26. The predicted octanol–water partition coefficient (Wildman–Crippen LogP) is 9.71. The lowest BCUT2D eigenvalue weighted by molar-refractivity contribution is 0.285. The third-order valence-electron chi connectivity index (χ3n) is 6.26. The van der Waals surface area contributed by atoms with E-state index in [1.54, 1.807) is 0 Å². The second kappa shape index (κ2) is 25.7. The first-order chi connectivity index (χ1) is 14.3. The topological polar surface area (TPSA) is 3.24 Å². The van der Waals surface area contributed by atoms with Crippen LogP contribution < -0.4 is 0 Å². The van der Waals surface area contributed by atoms with E-state index in [1.165, 1.54) is 142 Å². The molecule has 0 saturated carbocycles. The second-order valence-electron chi connectivity index (χ2n) is 9.23. The monoisotopic (exact) mass is 407 g/mol. The van der Waals surface area contributed by atoms with E-state index < -0.39 is 0 Å². The Hall–Kier alpha value is -0.300. The van der Waals surface area contributed by atoms with Gasteiger partial charge in [-0.05, 0) is 32.9 Å². The maximum atomic E-state index is 2.69. The van der Waals surface area contributed by atoms with Crippen molar-refractivity contribution in [2.24, 2.45) is 0 Å². The molecule has 174 valence electrons. The summed E-state index contributed by atoms with van der Waals surface area (Å²) in [6.45, 7) is 10.5. The fourth-order valence-electron chi connectivity index (χ4n) is 4.19. The Morgan fingerprint density at radius 1 is 0.448 bits per heavy atom. The van der Waals surface area contributed by atoms with Crippen molar-refractivity contribution in [3.05, 3.63) is 12.2 Å². The molecule has 0 N–H and O–H groups in total. The molecule has 0 atom stereocenters.